The maximum atomic E-state index is 5.42. The van der Waals surface area contributed by atoms with Crippen LogP contribution in [-0.2, 0) is 6.54 Å². The molecule has 0 radical (unpaired) electrons. The lowest BCUT2D eigenvalue weighted by molar-refractivity contribution is 0.399. The fraction of sp³-hybridized carbons (Fsp3) is 0.462. The Morgan fingerprint density at radius 3 is 2.74 bits per heavy atom. The highest BCUT2D eigenvalue weighted by Crippen LogP contribution is 2.29. The summed E-state index contributed by atoms with van der Waals surface area (Å²) in [5.74, 6) is 0.782. The quantitative estimate of drug-likeness (QED) is 0.851. The van der Waals surface area contributed by atoms with E-state index in [2.05, 4.69) is 34.5 Å². The van der Waals surface area contributed by atoms with E-state index in [1.807, 2.05) is 10.7 Å². The summed E-state index contributed by atoms with van der Waals surface area (Å²) in [6.45, 7) is 5.76. The average Bonchev–Trinajstić information content (AvgIpc) is 2.88. The van der Waals surface area contributed by atoms with Gasteiger partial charge in [0.25, 0.3) is 0 Å². The molecule has 6 nitrogen and oxygen atoms in total. The third-order valence-electron chi connectivity index (χ3n) is 2.99. The Morgan fingerprint density at radius 1 is 1.32 bits per heavy atom. The molecule has 0 saturated carbocycles. The predicted molar refractivity (Wildman–Crippen MR) is 72.0 cm³/mol. The third-order valence-corrected chi connectivity index (χ3v) is 2.99. The number of ether oxygens (including phenoxy) is 1. The summed E-state index contributed by atoms with van der Waals surface area (Å²) in [5.41, 5.74) is 2.06. The van der Waals surface area contributed by atoms with Crippen LogP contribution in [0.3, 0.4) is 0 Å². The highest BCUT2D eigenvalue weighted by Gasteiger charge is 2.22. The van der Waals surface area contributed by atoms with Gasteiger partial charge in [0, 0.05) is 12.7 Å². The maximum absolute atomic E-state index is 5.42. The van der Waals surface area contributed by atoms with Crippen LogP contribution in [0.25, 0.3) is 0 Å². The van der Waals surface area contributed by atoms with E-state index >= 15 is 0 Å². The van der Waals surface area contributed by atoms with Gasteiger partial charge in [0.05, 0.1) is 25.5 Å². The van der Waals surface area contributed by atoms with E-state index in [1.54, 1.807) is 25.7 Å². The summed E-state index contributed by atoms with van der Waals surface area (Å²) >= 11 is 0. The molecule has 0 spiro atoms. The van der Waals surface area contributed by atoms with Crippen LogP contribution in [0.15, 0.2) is 24.7 Å². The first kappa shape index (κ1) is 13.5. The molecular formula is C13H19N5O. The van der Waals surface area contributed by atoms with Crippen molar-refractivity contribution in [1.29, 1.82) is 0 Å². The number of methoxy groups -OCH3 is 1. The zero-order valence-electron chi connectivity index (χ0n) is 11.5. The number of nitrogens with zero attached hydrogens (tertiary/aromatic N) is 4. The molecule has 2 aromatic heterocycles. The first-order valence-corrected chi connectivity index (χ1v) is 6.41. The van der Waals surface area contributed by atoms with Gasteiger partial charge in [-0.2, -0.15) is 15.3 Å². The molecule has 2 rings (SSSR count). The molecule has 2 aromatic rings. The number of aryl methyl sites for hydroxylation is 1. The summed E-state index contributed by atoms with van der Waals surface area (Å²) in [4.78, 5) is 0. The molecule has 0 aliphatic carbocycles. The molecule has 0 aromatic carbocycles. The van der Waals surface area contributed by atoms with Gasteiger partial charge in [-0.1, -0.05) is 6.92 Å². The van der Waals surface area contributed by atoms with Gasteiger partial charge >= 0.3 is 0 Å². The Balaban J connectivity index is 2.47. The summed E-state index contributed by atoms with van der Waals surface area (Å²) in [7, 11) is 1.66. The predicted octanol–water partition coefficient (Wildman–Crippen LogP) is 1.40. The summed E-state index contributed by atoms with van der Waals surface area (Å²) in [6.07, 6.45) is 5.20. The van der Waals surface area contributed by atoms with Crippen LogP contribution in [0.1, 0.15) is 31.1 Å². The highest BCUT2D eigenvalue weighted by molar-refractivity contribution is 5.35. The number of nitrogens with one attached hydrogen (secondary N) is 1. The van der Waals surface area contributed by atoms with Crippen molar-refractivity contribution in [3.8, 4) is 5.75 Å². The van der Waals surface area contributed by atoms with Crippen LogP contribution in [-0.4, -0.2) is 33.6 Å². The Hall–Kier alpha value is -1.95. The molecule has 1 atom stereocenters. The Labute approximate surface area is 112 Å². The van der Waals surface area contributed by atoms with Gasteiger partial charge in [-0.15, -0.1) is 0 Å². The normalized spacial score (nSPS) is 12.4. The Bertz CT molecular complexity index is 490. The number of hydrogen-bond donors (Lipinski definition) is 1. The minimum absolute atomic E-state index is 0.00194. The molecular weight excluding hydrogens is 242 g/mol. The van der Waals surface area contributed by atoms with E-state index in [1.165, 1.54) is 0 Å². The van der Waals surface area contributed by atoms with Crippen molar-refractivity contribution in [1.82, 2.24) is 25.3 Å². The fourth-order valence-electron chi connectivity index (χ4n) is 2.13. The lowest BCUT2D eigenvalue weighted by Crippen LogP contribution is -2.25. The van der Waals surface area contributed by atoms with Crippen LogP contribution in [0.5, 0.6) is 5.75 Å². The second kappa shape index (κ2) is 6.29. The summed E-state index contributed by atoms with van der Waals surface area (Å²) in [6, 6.07) is 1.95. The van der Waals surface area contributed by atoms with Crippen molar-refractivity contribution in [2.75, 3.05) is 13.7 Å². The summed E-state index contributed by atoms with van der Waals surface area (Å²) < 4.78 is 7.35. The maximum Gasteiger partial charge on any atom is 0.161 e. The van der Waals surface area contributed by atoms with E-state index in [0.29, 0.717) is 0 Å². The molecule has 1 N–H and O–H groups in total. The van der Waals surface area contributed by atoms with Gasteiger partial charge in [0.1, 0.15) is 5.69 Å². The SMILES string of the molecule is CCNC(c1ccnnc1)c1c(OC)cnn1CC. The van der Waals surface area contributed by atoms with Crippen molar-refractivity contribution < 1.29 is 4.74 Å². The standard InChI is InChI=1S/C13H19N5O/c1-4-14-12(10-6-7-15-16-8-10)13-11(19-3)9-17-18(13)5-2/h6-9,12,14H,4-5H2,1-3H3. The van der Waals surface area contributed by atoms with E-state index in [4.69, 9.17) is 4.74 Å². The fourth-order valence-corrected chi connectivity index (χ4v) is 2.13. The molecule has 6 heteroatoms. The van der Waals surface area contributed by atoms with Crippen molar-refractivity contribution in [3.05, 3.63) is 35.9 Å². The van der Waals surface area contributed by atoms with Crippen LogP contribution in [0.4, 0.5) is 0 Å². The second-order valence-electron chi connectivity index (χ2n) is 4.08. The van der Waals surface area contributed by atoms with Crippen LogP contribution < -0.4 is 10.1 Å². The Kier molecular flexibility index (Phi) is 4.46. The third kappa shape index (κ3) is 2.73. The number of aromatic nitrogens is 4. The molecule has 0 amide bonds. The van der Waals surface area contributed by atoms with Gasteiger partial charge in [0.15, 0.2) is 5.75 Å². The van der Waals surface area contributed by atoms with Gasteiger partial charge < -0.3 is 10.1 Å². The van der Waals surface area contributed by atoms with E-state index in [-0.39, 0.29) is 6.04 Å². The molecule has 0 aliphatic heterocycles. The van der Waals surface area contributed by atoms with Gasteiger partial charge in [0.2, 0.25) is 0 Å². The molecule has 19 heavy (non-hydrogen) atoms. The zero-order valence-corrected chi connectivity index (χ0v) is 11.5. The smallest absolute Gasteiger partial charge is 0.161 e. The average molecular weight is 261 g/mol. The van der Waals surface area contributed by atoms with Crippen LogP contribution in [0, 0.1) is 0 Å². The minimum atomic E-state index is -0.00194. The monoisotopic (exact) mass is 261 g/mol. The molecule has 0 saturated heterocycles. The van der Waals surface area contributed by atoms with Crippen molar-refractivity contribution in [3.63, 3.8) is 0 Å². The number of hydrogen-bond acceptors (Lipinski definition) is 5. The molecule has 0 aliphatic rings. The largest absolute Gasteiger partial charge is 0.493 e. The molecule has 102 valence electrons. The molecule has 0 bridgehead atoms. The van der Waals surface area contributed by atoms with Gasteiger partial charge in [-0.05, 0) is 25.1 Å². The lowest BCUT2D eigenvalue weighted by atomic mass is 10.1. The second-order valence-corrected chi connectivity index (χ2v) is 4.08. The van der Waals surface area contributed by atoms with Crippen molar-refractivity contribution in [2.45, 2.75) is 26.4 Å². The van der Waals surface area contributed by atoms with Crippen LogP contribution >= 0.6 is 0 Å². The van der Waals surface area contributed by atoms with E-state index in [0.717, 1.165) is 30.1 Å². The highest BCUT2D eigenvalue weighted by atomic mass is 16.5. The lowest BCUT2D eigenvalue weighted by Gasteiger charge is -2.20. The van der Waals surface area contributed by atoms with E-state index in [9.17, 15) is 0 Å². The van der Waals surface area contributed by atoms with Crippen molar-refractivity contribution in [2.24, 2.45) is 0 Å². The zero-order chi connectivity index (χ0) is 13.7. The van der Waals surface area contributed by atoms with E-state index < -0.39 is 0 Å². The minimum Gasteiger partial charge on any atom is -0.493 e. The molecule has 1 unspecified atom stereocenters. The van der Waals surface area contributed by atoms with Gasteiger partial charge in [-0.3, -0.25) is 4.68 Å². The Morgan fingerprint density at radius 2 is 2.16 bits per heavy atom. The first-order valence-electron chi connectivity index (χ1n) is 6.41. The first-order chi connectivity index (χ1) is 9.31. The van der Waals surface area contributed by atoms with Crippen molar-refractivity contribution >= 4 is 0 Å². The number of rotatable bonds is 6. The topological polar surface area (TPSA) is 64.9 Å². The van der Waals surface area contributed by atoms with Crippen LogP contribution in [0.2, 0.25) is 0 Å². The van der Waals surface area contributed by atoms with Gasteiger partial charge in [-0.25, -0.2) is 0 Å². The molecule has 2 heterocycles. The summed E-state index contributed by atoms with van der Waals surface area (Å²) in [5, 5.41) is 15.6. The molecule has 0 fully saturated rings.